The van der Waals surface area contributed by atoms with Crippen molar-refractivity contribution < 1.29 is 17.9 Å². The molecular formula is C19H18N2O4S2. The molecule has 0 aliphatic carbocycles. The highest BCUT2D eigenvalue weighted by molar-refractivity contribution is 7.91. The predicted molar refractivity (Wildman–Crippen MR) is 106 cm³/mol. The molecule has 0 radical (unpaired) electrons. The van der Waals surface area contributed by atoms with Crippen LogP contribution in [0.2, 0.25) is 0 Å². The van der Waals surface area contributed by atoms with Gasteiger partial charge in [-0.1, -0.05) is 19.1 Å². The summed E-state index contributed by atoms with van der Waals surface area (Å²) >= 11 is 1.34. The average molecular weight is 402 g/mol. The van der Waals surface area contributed by atoms with E-state index in [0.29, 0.717) is 5.01 Å². The number of hydrogen-bond acceptors (Lipinski definition) is 6. The molecule has 0 unspecified atom stereocenters. The van der Waals surface area contributed by atoms with E-state index < -0.39 is 15.7 Å². The number of methoxy groups -OCH3 is 1. The summed E-state index contributed by atoms with van der Waals surface area (Å²) in [6.07, 6.45) is 0. The van der Waals surface area contributed by atoms with Crippen LogP contribution in [0, 0.1) is 0 Å². The first-order valence-corrected chi connectivity index (χ1v) is 10.7. The number of sulfone groups is 1. The largest absolute Gasteiger partial charge is 0.497 e. The highest BCUT2D eigenvalue weighted by atomic mass is 32.2. The van der Waals surface area contributed by atoms with Gasteiger partial charge >= 0.3 is 0 Å². The van der Waals surface area contributed by atoms with Gasteiger partial charge in [0.05, 0.1) is 23.4 Å². The lowest BCUT2D eigenvalue weighted by Gasteiger charge is -2.09. The quantitative estimate of drug-likeness (QED) is 0.677. The van der Waals surface area contributed by atoms with E-state index in [4.69, 9.17) is 4.74 Å². The summed E-state index contributed by atoms with van der Waals surface area (Å²) in [5.74, 6) is 0.241. The number of benzene rings is 2. The molecule has 0 fully saturated rings. The van der Waals surface area contributed by atoms with Crippen molar-refractivity contribution in [3.8, 4) is 16.3 Å². The average Bonchev–Trinajstić information content (AvgIpc) is 3.19. The molecule has 1 amide bonds. The molecule has 0 spiro atoms. The smallest absolute Gasteiger partial charge is 0.275 e. The fourth-order valence-electron chi connectivity index (χ4n) is 2.43. The lowest BCUT2D eigenvalue weighted by Crippen LogP contribution is -2.15. The maximum Gasteiger partial charge on any atom is 0.275 e. The number of hydrogen-bond donors (Lipinski definition) is 1. The Bertz CT molecular complexity index is 1060. The number of nitrogens with zero attached hydrogens (tertiary/aromatic N) is 1. The summed E-state index contributed by atoms with van der Waals surface area (Å²) in [4.78, 5) is 17.0. The number of ether oxygens (including phenoxy) is 1. The fourth-order valence-corrected chi connectivity index (χ4v) is 4.28. The first-order valence-electron chi connectivity index (χ1n) is 8.17. The molecule has 8 heteroatoms. The van der Waals surface area contributed by atoms with Gasteiger partial charge in [-0.05, 0) is 36.4 Å². The summed E-state index contributed by atoms with van der Waals surface area (Å²) in [6.45, 7) is 1.56. The number of amides is 1. The number of rotatable bonds is 6. The molecule has 0 saturated carbocycles. The van der Waals surface area contributed by atoms with Crippen molar-refractivity contribution in [3.63, 3.8) is 0 Å². The van der Waals surface area contributed by atoms with Crippen LogP contribution < -0.4 is 10.1 Å². The van der Waals surface area contributed by atoms with Crippen LogP contribution in [0.4, 0.5) is 5.69 Å². The number of thiazole rings is 1. The first-order chi connectivity index (χ1) is 12.9. The Morgan fingerprint density at radius 2 is 1.85 bits per heavy atom. The number of para-hydroxylation sites is 1. The maximum atomic E-state index is 12.5. The molecule has 3 rings (SSSR count). The Morgan fingerprint density at radius 1 is 1.15 bits per heavy atom. The van der Waals surface area contributed by atoms with Crippen molar-refractivity contribution in [2.24, 2.45) is 0 Å². The minimum absolute atomic E-state index is 0.0434. The molecule has 27 heavy (non-hydrogen) atoms. The van der Waals surface area contributed by atoms with E-state index in [1.807, 2.05) is 24.3 Å². The van der Waals surface area contributed by atoms with Crippen LogP contribution >= 0.6 is 11.3 Å². The maximum absolute atomic E-state index is 12.5. The van der Waals surface area contributed by atoms with Crippen LogP contribution in [0.15, 0.2) is 58.8 Å². The standard InChI is InChI=1S/C19H18N2O4S2/c1-3-27(23,24)17-7-5-4-6-15(17)20-18(22)16-12-26-19(21-16)13-8-10-14(25-2)11-9-13/h4-12H,3H2,1-2H3,(H,20,22). The summed E-state index contributed by atoms with van der Waals surface area (Å²) in [6, 6.07) is 13.7. The van der Waals surface area contributed by atoms with Crippen molar-refractivity contribution in [2.45, 2.75) is 11.8 Å². The summed E-state index contributed by atoms with van der Waals surface area (Å²) in [5, 5.41) is 4.99. The Morgan fingerprint density at radius 3 is 2.52 bits per heavy atom. The van der Waals surface area contributed by atoms with Crippen LogP contribution in [0.3, 0.4) is 0 Å². The van der Waals surface area contributed by atoms with E-state index in [9.17, 15) is 13.2 Å². The van der Waals surface area contributed by atoms with Crippen LogP contribution in [-0.2, 0) is 9.84 Å². The lowest BCUT2D eigenvalue weighted by atomic mass is 10.2. The molecule has 0 saturated heterocycles. The fraction of sp³-hybridized carbons (Fsp3) is 0.158. The van der Waals surface area contributed by atoms with Crippen molar-refractivity contribution in [1.82, 2.24) is 4.98 Å². The molecule has 0 aliphatic heterocycles. The highest BCUT2D eigenvalue weighted by Gasteiger charge is 2.19. The molecule has 1 heterocycles. The van der Waals surface area contributed by atoms with Gasteiger partial charge in [-0.15, -0.1) is 11.3 Å². The van der Waals surface area contributed by atoms with Crippen molar-refractivity contribution in [3.05, 3.63) is 59.6 Å². The lowest BCUT2D eigenvalue weighted by molar-refractivity contribution is 0.102. The minimum Gasteiger partial charge on any atom is -0.497 e. The van der Waals surface area contributed by atoms with Gasteiger partial charge in [-0.2, -0.15) is 0 Å². The van der Waals surface area contributed by atoms with Crippen LogP contribution in [0.5, 0.6) is 5.75 Å². The van der Waals surface area contributed by atoms with Crippen molar-refractivity contribution in [2.75, 3.05) is 18.2 Å². The second kappa shape index (κ2) is 7.89. The van der Waals surface area contributed by atoms with Gasteiger partial charge < -0.3 is 10.1 Å². The third-order valence-electron chi connectivity index (χ3n) is 3.92. The number of aromatic nitrogens is 1. The van der Waals surface area contributed by atoms with Crippen LogP contribution in [-0.4, -0.2) is 32.2 Å². The topological polar surface area (TPSA) is 85.4 Å². The van der Waals surface area contributed by atoms with E-state index in [1.54, 1.807) is 37.6 Å². The molecular weight excluding hydrogens is 384 g/mol. The van der Waals surface area contributed by atoms with Gasteiger partial charge in [0.25, 0.3) is 5.91 Å². The van der Waals surface area contributed by atoms with E-state index >= 15 is 0 Å². The first kappa shape index (κ1) is 19.1. The monoisotopic (exact) mass is 402 g/mol. The Hall–Kier alpha value is -2.71. The number of anilines is 1. The third kappa shape index (κ3) is 4.17. The second-order valence-electron chi connectivity index (χ2n) is 5.62. The number of carbonyl (C=O) groups excluding carboxylic acids is 1. The second-order valence-corrected chi connectivity index (χ2v) is 8.72. The number of nitrogens with one attached hydrogen (secondary N) is 1. The third-order valence-corrected chi connectivity index (χ3v) is 6.60. The Kier molecular flexibility index (Phi) is 5.57. The van der Waals surface area contributed by atoms with Crippen molar-refractivity contribution in [1.29, 1.82) is 0 Å². The van der Waals surface area contributed by atoms with E-state index in [0.717, 1.165) is 11.3 Å². The normalized spacial score (nSPS) is 11.2. The van der Waals surface area contributed by atoms with Gasteiger partial charge in [0, 0.05) is 10.9 Å². The van der Waals surface area contributed by atoms with Crippen LogP contribution in [0.1, 0.15) is 17.4 Å². The Balaban J connectivity index is 1.83. The van der Waals surface area contributed by atoms with E-state index in [2.05, 4.69) is 10.3 Å². The van der Waals surface area contributed by atoms with Gasteiger partial charge in [0.15, 0.2) is 9.84 Å². The molecule has 0 bridgehead atoms. The highest BCUT2D eigenvalue weighted by Crippen LogP contribution is 2.27. The van der Waals surface area contributed by atoms with E-state index in [1.165, 1.54) is 17.4 Å². The minimum atomic E-state index is -3.45. The van der Waals surface area contributed by atoms with E-state index in [-0.39, 0.29) is 22.0 Å². The summed E-state index contributed by atoms with van der Waals surface area (Å²) in [5.41, 5.74) is 1.35. The zero-order valence-electron chi connectivity index (χ0n) is 14.8. The molecule has 6 nitrogen and oxygen atoms in total. The zero-order valence-corrected chi connectivity index (χ0v) is 16.4. The number of carbonyl (C=O) groups is 1. The molecule has 3 aromatic rings. The molecule has 2 aromatic carbocycles. The van der Waals surface area contributed by atoms with Gasteiger partial charge in [-0.3, -0.25) is 4.79 Å². The molecule has 1 N–H and O–H groups in total. The summed E-state index contributed by atoms with van der Waals surface area (Å²) in [7, 11) is -1.85. The summed E-state index contributed by atoms with van der Waals surface area (Å²) < 4.78 is 29.5. The zero-order chi connectivity index (χ0) is 19.4. The predicted octanol–water partition coefficient (Wildman–Crippen LogP) is 3.86. The van der Waals surface area contributed by atoms with Gasteiger partial charge in [-0.25, -0.2) is 13.4 Å². The SMILES string of the molecule is CCS(=O)(=O)c1ccccc1NC(=O)c1csc(-c2ccc(OC)cc2)n1. The molecule has 0 atom stereocenters. The van der Waals surface area contributed by atoms with Gasteiger partial charge in [0.1, 0.15) is 16.5 Å². The molecule has 1 aromatic heterocycles. The van der Waals surface area contributed by atoms with Gasteiger partial charge in [0.2, 0.25) is 0 Å². The van der Waals surface area contributed by atoms with Crippen molar-refractivity contribution >= 4 is 32.8 Å². The van der Waals surface area contributed by atoms with Crippen LogP contribution in [0.25, 0.3) is 10.6 Å². The molecule has 140 valence electrons. The Labute approximate surface area is 161 Å². The molecule has 0 aliphatic rings.